The first kappa shape index (κ1) is 16.2. The van der Waals surface area contributed by atoms with E-state index in [0.29, 0.717) is 16.4 Å². The zero-order valence-corrected chi connectivity index (χ0v) is 14.8. The van der Waals surface area contributed by atoms with Gasteiger partial charge in [0.15, 0.2) is 5.13 Å². The summed E-state index contributed by atoms with van der Waals surface area (Å²) in [6.45, 7) is 2.04. The molecule has 0 spiro atoms. The Kier molecular flexibility index (Phi) is 4.33. The van der Waals surface area contributed by atoms with Gasteiger partial charge in [0.25, 0.3) is 5.91 Å². The molecule has 0 bridgehead atoms. The Hall–Kier alpha value is -3.25. The molecule has 0 radical (unpaired) electrons. The first-order valence-corrected chi connectivity index (χ1v) is 8.92. The van der Waals surface area contributed by atoms with Crippen LogP contribution in [0.4, 0.5) is 5.13 Å². The molecule has 2 heterocycles. The van der Waals surface area contributed by atoms with E-state index in [4.69, 9.17) is 4.52 Å². The molecule has 0 fully saturated rings. The van der Waals surface area contributed by atoms with Gasteiger partial charge in [-0.15, -0.1) is 11.3 Å². The van der Waals surface area contributed by atoms with Crippen molar-refractivity contribution in [2.24, 2.45) is 0 Å². The van der Waals surface area contributed by atoms with Gasteiger partial charge in [0.2, 0.25) is 0 Å². The van der Waals surface area contributed by atoms with Gasteiger partial charge in [-0.3, -0.25) is 10.1 Å². The van der Waals surface area contributed by atoms with E-state index in [1.807, 2.05) is 66.9 Å². The number of benzene rings is 2. The summed E-state index contributed by atoms with van der Waals surface area (Å²) in [4.78, 5) is 17.1. The highest BCUT2D eigenvalue weighted by molar-refractivity contribution is 7.14. The molecule has 0 unspecified atom stereocenters. The molecule has 0 aliphatic rings. The van der Waals surface area contributed by atoms with Crippen molar-refractivity contribution in [3.8, 4) is 22.5 Å². The Labute approximate surface area is 154 Å². The van der Waals surface area contributed by atoms with Gasteiger partial charge in [-0.25, -0.2) is 4.98 Å². The van der Waals surface area contributed by atoms with E-state index in [9.17, 15) is 4.79 Å². The SMILES string of the molecule is Cc1ccc(-c2csc(NC(=O)c3conc3-c3ccccc3)n2)cc1. The van der Waals surface area contributed by atoms with E-state index in [-0.39, 0.29) is 5.91 Å². The molecule has 2 aromatic heterocycles. The van der Waals surface area contributed by atoms with E-state index >= 15 is 0 Å². The minimum absolute atomic E-state index is 0.296. The number of nitrogens with zero attached hydrogens (tertiary/aromatic N) is 2. The number of thiazole rings is 1. The molecular weight excluding hydrogens is 346 g/mol. The predicted octanol–water partition coefficient (Wildman–Crippen LogP) is 5.03. The molecule has 2 aromatic carbocycles. The molecule has 0 atom stereocenters. The number of nitrogens with one attached hydrogen (secondary N) is 1. The minimum atomic E-state index is -0.296. The van der Waals surface area contributed by atoms with E-state index in [1.165, 1.54) is 23.2 Å². The van der Waals surface area contributed by atoms with Crippen molar-refractivity contribution >= 4 is 22.4 Å². The van der Waals surface area contributed by atoms with Gasteiger partial charge >= 0.3 is 0 Å². The quantitative estimate of drug-likeness (QED) is 0.554. The summed E-state index contributed by atoms with van der Waals surface area (Å²) >= 11 is 1.38. The average molecular weight is 361 g/mol. The number of aromatic nitrogens is 2. The fourth-order valence-electron chi connectivity index (χ4n) is 2.55. The second-order valence-corrected chi connectivity index (χ2v) is 6.66. The third kappa shape index (κ3) is 3.27. The summed E-state index contributed by atoms with van der Waals surface area (Å²) in [6.07, 6.45) is 1.35. The van der Waals surface area contributed by atoms with Crippen molar-refractivity contribution in [1.82, 2.24) is 10.1 Å². The maximum absolute atomic E-state index is 12.6. The first-order chi connectivity index (χ1) is 12.7. The molecule has 1 N–H and O–H groups in total. The van der Waals surface area contributed by atoms with Crippen LogP contribution < -0.4 is 5.32 Å². The van der Waals surface area contributed by atoms with Crippen LogP contribution in [0.25, 0.3) is 22.5 Å². The fourth-order valence-corrected chi connectivity index (χ4v) is 3.27. The van der Waals surface area contributed by atoms with Crippen LogP contribution in [-0.2, 0) is 0 Å². The largest absolute Gasteiger partial charge is 0.363 e. The number of amides is 1. The van der Waals surface area contributed by atoms with Gasteiger partial charge in [-0.05, 0) is 6.92 Å². The van der Waals surface area contributed by atoms with Gasteiger partial charge in [-0.1, -0.05) is 65.3 Å². The summed E-state index contributed by atoms with van der Waals surface area (Å²) in [5, 5.41) is 9.24. The zero-order chi connectivity index (χ0) is 17.9. The van der Waals surface area contributed by atoms with Crippen molar-refractivity contribution in [2.45, 2.75) is 6.92 Å². The van der Waals surface area contributed by atoms with Crippen molar-refractivity contribution in [3.05, 3.63) is 77.4 Å². The number of hydrogen-bond acceptors (Lipinski definition) is 5. The minimum Gasteiger partial charge on any atom is -0.363 e. The van der Waals surface area contributed by atoms with Crippen LogP contribution in [0.5, 0.6) is 0 Å². The van der Waals surface area contributed by atoms with Crippen LogP contribution in [0, 0.1) is 6.92 Å². The average Bonchev–Trinajstić information content (AvgIpc) is 3.32. The molecule has 26 heavy (non-hydrogen) atoms. The standard InChI is InChI=1S/C20H15N3O2S/c1-13-7-9-14(10-8-13)17-12-26-20(21-17)22-19(24)16-11-25-23-18(16)15-5-3-2-4-6-15/h2-12H,1H3,(H,21,22,24). The second-order valence-electron chi connectivity index (χ2n) is 5.80. The van der Waals surface area contributed by atoms with Crippen LogP contribution in [0.3, 0.4) is 0 Å². The van der Waals surface area contributed by atoms with Crippen molar-refractivity contribution < 1.29 is 9.32 Å². The van der Waals surface area contributed by atoms with Crippen LogP contribution in [0.1, 0.15) is 15.9 Å². The number of carbonyl (C=O) groups is 1. The lowest BCUT2D eigenvalue weighted by molar-refractivity contribution is 0.102. The molecule has 0 aliphatic carbocycles. The molecule has 0 aliphatic heterocycles. The van der Waals surface area contributed by atoms with Gasteiger partial charge in [-0.2, -0.15) is 0 Å². The highest BCUT2D eigenvalue weighted by atomic mass is 32.1. The van der Waals surface area contributed by atoms with Crippen molar-refractivity contribution in [1.29, 1.82) is 0 Å². The highest BCUT2D eigenvalue weighted by Crippen LogP contribution is 2.27. The van der Waals surface area contributed by atoms with E-state index < -0.39 is 0 Å². The number of aryl methyl sites for hydroxylation is 1. The monoisotopic (exact) mass is 361 g/mol. The molecule has 1 amide bonds. The Bertz CT molecular complexity index is 1040. The Morgan fingerprint density at radius 1 is 1.04 bits per heavy atom. The smallest absolute Gasteiger partial charge is 0.263 e. The molecule has 128 valence electrons. The molecule has 4 rings (SSSR count). The van der Waals surface area contributed by atoms with Crippen molar-refractivity contribution in [2.75, 3.05) is 5.32 Å². The van der Waals surface area contributed by atoms with Crippen LogP contribution >= 0.6 is 11.3 Å². The van der Waals surface area contributed by atoms with Gasteiger partial charge in [0, 0.05) is 16.5 Å². The maximum Gasteiger partial charge on any atom is 0.263 e. The molecule has 5 nitrogen and oxygen atoms in total. The fraction of sp³-hybridized carbons (Fsp3) is 0.0500. The molecular formula is C20H15N3O2S. The van der Waals surface area contributed by atoms with Crippen LogP contribution in [-0.4, -0.2) is 16.0 Å². The summed E-state index contributed by atoms with van der Waals surface area (Å²) in [6, 6.07) is 17.6. The Balaban J connectivity index is 1.55. The summed E-state index contributed by atoms with van der Waals surface area (Å²) in [5.41, 5.74) is 4.76. The number of carbonyl (C=O) groups excluding carboxylic acids is 1. The second kappa shape index (κ2) is 6.93. The summed E-state index contributed by atoms with van der Waals surface area (Å²) < 4.78 is 5.02. The Morgan fingerprint density at radius 2 is 1.81 bits per heavy atom. The Morgan fingerprint density at radius 3 is 2.58 bits per heavy atom. The van der Waals surface area contributed by atoms with Crippen molar-refractivity contribution in [3.63, 3.8) is 0 Å². The number of hydrogen-bond donors (Lipinski definition) is 1. The first-order valence-electron chi connectivity index (χ1n) is 8.04. The van der Waals surface area contributed by atoms with E-state index in [1.54, 1.807) is 0 Å². The van der Waals surface area contributed by atoms with E-state index in [0.717, 1.165) is 16.8 Å². The molecule has 0 saturated heterocycles. The lowest BCUT2D eigenvalue weighted by Gasteiger charge is -2.02. The summed E-state index contributed by atoms with van der Waals surface area (Å²) in [7, 11) is 0. The van der Waals surface area contributed by atoms with Crippen LogP contribution in [0.15, 0.2) is 70.8 Å². The number of rotatable bonds is 4. The highest BCUT2D eigenvalue weighted by Gasteiger charge is 2.18. The molecule has 0 saturated carbocycles. The predicted molar refractivity (Wildman–Crippen MR) is 102 cm³/mol. The van der Waals surface area contributed by atoms with Gasteiger partial charge in [0.1, 0.15) is 17.5 Å². The number of anilines is 1. The van der Waals surface area contributed by atoms with Gasteiger partial charge < -0.3 is 4.52 Å². The maximum atomic E-state index is 12.6. The lowest BCUT2D eigenvalue weighted by Crippen LogP contribution is -2.12. The molecule has 6 heteroatoms. The normalized spacial score (nSPS) is 10.7. The molecule has 4 aromatic rings. The van der Waals surface area contributed by atoms with E-state index in [2.05, 4.69) is 15.5 Å². The third-order valence-corrected chi connectivity index (χ3v) is 4.69. The van der Waals surface area contributed by atoms with Crippen LogP contribution in [0.2, 0.25) is 0 Å². The topological polar surface area (TPSA) is 68.0 Å². The summed E-state index contributed by atoms with van der Waals surface area (Å²) in [5.74, 6) is -0.296. The van der Waals surface area contributed by atoms with Gasteiger partial charge in [0.05, 0.1) is 5.69 Å². The lowest BCUT2D eigenvalue weighted by atomic mass is 10.1. The third-order valence-electron chi connectivity index (χ3n) is 3.93. The zero-order valence-electron chi connectivity index (χ0n) is 14.0.